The molecule has 4 aromatic rings. The number of halogens is 1. The van der Waals surface area contributed by atoms with Gasteiger partial charge in [0.15, 0.2) is 15.8 Å². The fourth-order valence-corrected chi connectivity index (χ4v) is 6.45. The van der Waals surface area contributed by atoms with Gasteiger partial charge in [0.25, 0.3) is 5.78 Å². The molecular formula is C32H28FN3O6S2. The molecule has 1 saturated heterocycles. The quantitative estimate of drug-likeness (QED) is 0.0463. The Hall–Kier alpha value is -4.68. The summed E-state index contributed by atoms with van der Waals surface area (Å²) in [6.07, 6.45) is 1.60. The Morgan fingerprint density at radius 2 is 1.86 bits per heavy atom. The van der Waals surface area contributed by atoms with Crippen LogP contribution >= 0.6 is 23.1 Å². The third kappa shape index (κ3) is 6.31. The number of hydrogen-bond donors (Lipinski definition) is 1. The van der Waals surface area contributed by atoms with Crippen LogP contribution in [0.4, 0.5) is 9.52 Å². The molecule has 12 heteroatoms. The molecule has 1 atom stereocenters. The van der Waals surface area contributed by atoms with E-state index < -0.39 is 17.7 Å². The van der Waals surface area contributed by atoms with E-state index in [2.05, 4.69) is 16.8 Å². The zero-order valence-corrected chi connectivity index (χ0v) is 25.5. The lowest BCUT2D eigenvalue weighted by atomic mass is 9.95. The van der Waals surface area contributed by atoms with Gasteiger partial charge < -0.3 is 19.3 Å². The maximum atomic E-state index is 14.2. The highest BCUT2D eigenvalue weighted by Gasteiger charge is 2.48. The standard InChI is InChI=1S/C32H28FN3O6S2/c1-4-16-42-24-15-12-20(17-25(24)41-5-2)27-26(28(37)19-10-13-22(40-3)14-11-19)29(38)30(39)36(27)31-34-35-32(44-31)43-18-21-8-6-7-9-23(21)33/h4,6-15,17,27,37H,1,5,16,18H2,2-3H3. The number of nitrogens with zero attached hydrogens (tertiary/aromatic N) is 3. The van der Waals surface area contributed by atoms with E-state index in [9.17, 15) is 19.1 Å². The van der Waals surface area contributed by atoms with E-state index in [1.807, 2.05) is 6.92 Å². The SMILES string of the molecule is C=CCOc1ccc(C2C(=C(O)c3ccc(OC)cc3)C(=O)C(=O)N2c2nnc(SCc3ccccc3F)s2)cc1OCC. The Morgan fingerprint density at radius 1 is 1.09 bits per heavy atom. The largest absolute Gasteiger partial charge is 0.507 e. The number of methoxy groups -OCH3 is 1. The predicted octanol–water partition coefficient (Wildman–Crippen LogP) is 6.57. The molecule has 5 rings (SSSR count). The topological polar surface area (TPSA) is 111 Å². The Bertz CT molecular complexity index is 1720. The molecule has 1 fully saturated rings. The molecule has 1 aliphatic heterocycles. The number of thioether (sulfide) groups is 1. The van der Waals surface area contributed by atoms with Crippen molar-refractivity contribution in [3.05, 3.63) is 107 Å². The summed E-state index contributed by atoms with van der Waals surface area (Å²) >= 11 is 2.34. The first kappa shape index (κ1) is 30.8. The molecule has 0 saturated carbocycles. The maximum Gasteiger partial charge on any atom is 0.301 e. The van der Waals surface area contributed by atoms with Crippen molar-refractivity contribution >= 4 is 45.7 Å². The Morgan fingerprint density at radius 3 is 2.57 bits per heavy atom. The molecule has 9 nitrogen and oxygen atoms in total. The van der Waals surface area contributed by atoms with E-state index in [0.717, 1.165) is 11.3 Å². The van der Waals surface area contributed by atoms with Crippen molar-refractivity contribution in [2.45, 2.75) is 23.1 Å². The van der Waals surface area contributed by atoms with E-state index in [1.54, 1.807) is 66.7 Å². The van der Waals surface area contributed by atoms with Gasteiger partial charge in [-0.25, -0.2) is 4.39 Å². The lowest BCUT2D eigenvalue weighted by Gasteiger charge is -2.23. The Kier molecular flexibility index (Phi) is 9.61. The van der Waals surface area contributed by atoms with Gasteiger partial charge in [0.05, 0.1) is 25.3 Å². The highest BCUT2D eigenvalue weighted by molar-refractivity contribution is 8.00. The third-order valence-corrected chi connectivity index (χ3v) is 8.76. The van der Waals surface area contributed by atoms with Gasteiger partial charge in [-0.2, -0.15) is 0 Å². The molecule has 44 heavy (non-hydrogen) atoms. The van der Waals surface area contributed by atoms with Crippen molar-refractivity contribution in [3.8, 4) is 17.2 Å². The fraction of sp³-hybridized carbons (Fsp3) is 0.188. The van der Waals surface area contributed by atoms with Crippen LogP contribution in [0.3, 0.4) is 0 Å². The molecule has 0 aliphatic carbocycles. The molecule has 1 N–H and O–H groups in total. The van der Waals surface area contributed by atoms with E-state index in [4.69, 9.17) is 14.2 Å². The summed E-state index contributed by atoms with van der Waals surface area (Å²) < 4.78 is 31.4. The first-order valence-corrected chi connectivity index (χ1v) is 15.3. The number of ketones is 1. The number of Topliss-reactive ketones (excluding diaryl/α,β-unsaturated/α-hetero) is 1. The van der Waals surface area contributed by atoms with Crippen LogP contribution in [0.1, 0.15) is 29.7 Å². The summed E-state index contributed by atoms with van der Waals surface area (Å²) in [5, 5.41) is 20.0. The molecule has 1 unspecified atom stereocenters. The minimum absolute atomic E-state index is 0.127. The van der Waals surface area contributed by atoms with Crippen LogP contribution in [0.5, 0.6) is 17.2 Å². The summed E-state index contributed by atoms with van der Waals surface area (Å²) in [5.74, 6) is -0.761. The van der Waals surface area contributed by atoms with Gasteiger partial charge in [0.2, 0.25) is 5.13 Å². The highest BCUT2D eigenvalue weighted by Crippen LogP contribution is 2.45. The van der Waals surface area contributed by atoms with Crippen LogP contribution in [0.25, 0.3) is 5.76 Å². The molecule has 2 heterocycles. The van der Waals surface area contributed by atoms with Crippen molar-refractivity contribution in [2.24, 2.45) is 0 Å². The van der Waals surface area contributed by atoms with E-state index in [-0.39, 0.29) is 28.9 Å². The van der Waals surface area contributed by atoms with Gasteiger partial charge in [-0.15, -0.1) is 10.2 Å². The zero-order valence-electron chi connectivity index (χ0n) is 23.9. The number of aromatic nitrogens is 2. The van der Waals surface area contributed by atoms with Crippen LogP contribution in [0.2, 0.25) is 0 Å². The minimum Gasteiger partial charge on any atom is -0.507 e. The second-order valence-electron chi connectivity index (χ2n) is 9.37. The van der Waals surface area contributed by atoms with Crippen LogP contribution in [-0.4, -0.2) is 47.3 Å². The summed E-state index contributed by atoms with van der Waals surface area (Å²) in [4.78, 5) is 28.4. The summed E-state index contributed by atoms with van der Waals surface area (Å²) in [7, 11) is 1.52. The Balaban J connectivity index is 1.58. The molecule has 0 spiro atoms. The average molecular weight is 634 g/mol. The zero-order chi connectivity index (χ0) is 31.2. The van der Waals surface area contributed by atoms with Gasteiger partial charge in [-0.3, -0.25) is 14.5 Å². The number of rotatable bonds is 12. The van der Waals surface area contributed by atoms with Gasteiger partial charge >= 0.3 is 5.91 Å². The second-order valence-corrected chi connectivity index (χ2v) is 11.5. The summed E-state index contributed by atoms with van der Waals surface area (Å²) in [5.41, 5.74) is 1.17. The van der Waals surface area contributed by atoms with Gasteiger partial charge in [-0.1, -0.05) is 60.0 Å². The highest BCUT2D eigenvalue weighted by atomic mass is 32.2. The first-order chi connectivity index (χ1) is 21.4. The van der Waals surface area contributed by atoms with Crippen LogP contribution in [-0.2, 0) is 15.3 Å². The number of ether oxygens (including phenoxy) is 3. The third-order valence-electron chi connectivity index (χ3n) is 6.66. The Labute approximate surface area is 261 Å². The number of hydrogen-bond acceptors (Lipinski definition) is 10. The molecule has 226 valence electrons. The molecule has 0 radical (unpaired) electrons. The first-order valence-electron chi connectivity index (χ1n) is 13.5. The second kappa shape index (κ2) is 13.7. The number of benzene rings is 3. The van der Waals surface area contributed by atoms with Crippen molar-refractivity contribution in [2.75, 3.05) is 25.2 Å². The van der Waals surface area contributed by atoms with Crippen LogP contribution < -0.4 is 19.1 Å². The number of carbonyl (C=O) groups excluding carboxylic acids is 2. The van der Waals surface area contributed by atoms with E-state index in [0.29, 0.717) is 50.6 Å². The van der Waals surface area contributed by atoms with Gasteiger partial charge in [0.1, 0.15) is 23.9 Å². The minimum atomic E-state index is -1.07. The van der Waals surface area contributed by atoms with Crippen LogP contribution in [0.15, 0.2) is 89.3 Å². The molecule has 0 bridgehead atoms. The average Bonchev–Trinajstić information content (AvgIpc) is 3.61. The monoisotopic (exact) mass is 633 g/mol. The number of carbonyl (C=O) groups is 2. The molecule has 1 aliphatic rings. The molecule has 1 aromatic heterocycles. The predicted molar refractivity (Wildman–Crippen MR) is 167 cm³/mol. The molecule has 3 aromatic carbocycles. The normalized spacial score (nSPS) is 15.8. The summed E-state index contributed by atoms with van der Waals surface area (Å²) in [6.45, 7) is 6.07. The number of anilines is 1. The maximum absolute atomic E-state index is 14.2. The van der Waals surface area contributed by atoms with Gasteiger partial charge in [0, 0.05) is 11.3 Å². The lowest BCUT2D eigenvalue weighted by molar-refractivity contribution is -0.132. The number of amides is 1. The summed E-state index contributed by atoms with van der Waals surface area (Å²) in [6, 6.07) is 16.9. The number of aliphatic hydroxyl groups is 1. The fourth-order valence-electron chi connectivity index (χ4n) is 4.59. The van der Waals surface area contributed by atoms with E-state index in [1.165, 1.54) is 29.8 Å². The lowest BCUT2D eigenvalue weighted by Crippen LogP contribution is -2.29. The molecular weight excluding hydrogens is 605 g/mol. The number of aliphatic hydroxyl groups excluding tert-OH is 1. The molecule has 1 amide bonds. The van der Waals surface area contributed by atoms with Crippen molar-refractivity contribution < 1.29 is 33.3 Å². The van der Waals surface area contributed by atoms with Crippen molar-refractivity contribution in [3.63, 3.8) is 0 Å². The van der Waals surface area contributed by atoms with Crippen molar-refractivity contribution in [1.29, 1.82) is 0 Å². The smallest absolute Gasteiger partial charge is 0.301 e. The van der Waals surface area contributed by atoms with Gasteiger partial charge in [-0.05, 0) is 60.5 Å². The van der Waals surface area contributed by atoms with E-state index >= 15 is 0 Å². The van der Waals surface area contributed by atoms with Crippen molar-refractivity contribution in [1.82, 2.24) is 10.2 Å². The van der Waals surface area contributed by atoms with Crippen LogP contribution in [0, 0.1) is 5.82 Å².